The monoisotopic (exact) mass is 370 g/mol. The molecule has 0 saturated heterocycles. The third-order valence-electron chi connectivity index (χ3n) is 2.68. The topological polar surface area (TPSA) is 43.6 Å². The van der Waals surface area contributed by atoms with Crippen LogP contribution in [0.2, 0.25) is 5.02 Å². The Labute approximate surface area is 122 Å². The van der Waals surface area contributed by atoms with Crippen LogP contribution in [-0.4, -0.2) is 20.0 Å². The van der Waals surface area contributed by atoms with Crippen LogP contribution in [0.5, 0.6) is 0 Å². The van der Waals surface area contributed by atoms with Crippen molar-refractivity contribution in [3.8, 4) is 22.6 Å². The SMILES string of the molecule is Cn1nc2nnc(-c3ccccc3)c-2c(Cl)c1I. The van der Waals surface area contributed by atoms with Gasteiger partial charge in [-0.25, -0.2) is 0 Å². The summed E-state index contributed by atoms with van der Waals surface area (Å²) in [5.41, 5.74) is 2.58. The molecule has 2 aliphatic rings. The van der Waals surface area contributed by atoms with Gasteiger partial charge in [0.25, 0.3) is 0 Å². The lowest BCUT2D eigenvalue weighted by molar-refractivity contribution is 0.711. The molecule has 0 spiro atoms. The summed E-state index contributed by atoms with van der Waals surface area (Å²) in [5, 5.41) is 13.3. The Kier molecular flexibility index (Phi) is 2.95. The number of benzene rings is 1. The molecule has 1 aromatic rings. The van der Waals surface area contributed by atoms with E-state index in [1.807, 2.05) is 37.4 Å². The zero-order valence-corrected chi connectivity index (χ0v) is 12.3. The fourth-order valence-corrected chi connectivity index (χ4v) is 2.48. The van der Waals surface area contributed by atoms with Gasteiger partial charge in [-0.2, -0.15) is 0 Å². The van der Waals surface area contributed by atoms with Crippen molar-refractivity contribution in [1.29, 1.82) is 0 Å². The van der Waals surface area contributed by atoms with Gasteiger partial charge in [-0.1, -0.05) is 41.9 Å². The second-order valence-electron chi connectivity index (χ2n) is 3.84. The van der Waals surface area contributed by atoms with Gasteiger partial charge < -0.3 is 0 Å². The molecule has 4 nitrogen and oxygen atoms in total. The van der Waals surface area contributed by atoms with Gasteiger partial charge in [0.15, 0.2) is 0 Å². The van der Waals surface area contributed by atoms with Crippen molar-refractivity contribution >= 4 is 34.2 Å². The van der Waals surface area contributed by atoms with Crippen molar-refractivity contribution in [3.63, 3.8) is 0 Å². The van der Waals surface area contributed by atoms with Gasteiger partial charge in [-0.3, -0.25) is 4.68 Å². The number of nitrogens with zero attached hydrogens (tertiary/aromatic N) is 4. The van der Waals surface area contributed by atoms with E-state index in [-0.39, 0.29) is 0 Å². The smallest absolute Gasteiger partial charge is 0.205 e. The summed E-state index contributed by atoms with van der Waals surface area (Å²) in [4.78, 5) is 0. The Morgan fingerprint density at radius 3 is 2.61 bits per heavy atom. The van der Waals surface area contributed by atoms with Gasteiger partial charge in [0.2, 0.25) is 5.82 Å². The summed E-state index contributed by atoms with van der Waals surface area (Å²) < 4.78 is 2.57. The first-order valence-corrected chi connectivity index (χ1v) is 6.74. The highest BCUT2D eigenvalue weighted by Gasteiger charge is 2.23. The number of hydrogen-bond donors (Lipinski definition) is 0. The van der Waals surface area contributed by atoms with Crippen molar-refractivity contribution in [2.45, 2.75) is 0 Å². The summed E-state index contributed by atoms with van der Waals surface area (Å²) in [7, 11) is 1.84. The van der Waals surface area contributed by atoms with E-state index in [4.69, 9.17) is 11.6 Å². The van der Waals surface area contributed by atoms with E-state index in [9.17, 15) is 0 Å². The zero-order valence-electron chi connectivity index (χ0n) is 9.43. The third-order valence-corrected chi connectivity index (χ3v) is 4.61. The standard InChI is InChI=1S/C12H8ClIN4/c1-18-11(14)9(13)8-10(15-16-12(8)17-18)7-5-3-2-4-6-7/h2-6H,1H3. The van der Waals surface area contributed by atoms with E-state index in [1.165, 1.54) is 0 Å². The van der Waals surface area contributed by atoms with Crippen LogP contribution < -0.4 is 0 Å². The predicted octanol–water partition coefficient (Wildman–Crippen LogP) is 3.24. The highest BCUT2D eigenvalue weighted by Crippen LogP contribution is 2.37. The second-order valence-corrected chi connectivity index (χ2v) is 5.24. The molecule has 90 valence electrons. The molecule has 3 rings (SSSR count). The molecular formula is C12H8ClIN4. The normalized spacial score (nSPS) is 11.1. The zero-order chi connectivity index (χ0) is 12.7. The number of hydrogen-bond acceptors (Lipinski definition) is 3. The largest absolute Gasteiger partial charge is 0.259 e. The van der Waals surface area contributed by atoms with Crippen LogP contribution in [0.1, 0.15) is 0 Å². The molecular weight excluding hydrogens is 363 g/mol. The quantitative estimate of drug-likeness (QED) is 0.618. The molecule has 0 N–H and O–H groups in total. The van der Waals surface area contributed by atoms with Crippen molar-refractivity contribution in [2.24, 2.45) is 7.05 Å². The number of aromatic nitrogens is 4. The Morgan fingerprint density at radius 2 is 1.89 bits per heavy atom. The van der Waals surface area contributed by atoms with Crippen LogP contribution in [0.15, 0.2) is 30.3 Å². The molecule has 6 heteroatoms. The maximum Gasteiger partial charge on any atom is 0.205 e. The average molecular weight is 371 g/mol. The Hall–Kier alpha value is -1.21. The van der Waals surface area contributed by atoms with Crippen LogP contribution in [0, 0.1) is 3.70 Å². The molecule has 2 heterocycles. The van der Waals surface area contributed by atoms with E-state index in [0.29, 0.717) is 10.8 Å². The van der Waals surface area contributed by atoms with E-state index in [1.54, 1.807) is 4.68 Å². The lowest BCUT2D eigenvalue weighted by Gasteiger charge is -2.08. The molecule has 2 aliphatic heterocycles. The molecule has 0 aromatic heterocycles. The minimum atomic E-state index is 0.571. The van der Waals surface area contributed by atoms with E-state index in [0.717, 1.165) is 20.5 Å². The van der Waals surface area contributed by atoms with Crippen molar-refractivity contribution < 1.29 is 0 Å². The second kappa shape index (κ2) is 4.47. The molecule has 1 aromatic carbocycles. The predicted molar refractivity (Wildman–Crippen MR) is 78.6 cm³/mol. The van der Waals surface area contributed by atoms with Gasteiger partial charge in [0, 0.05) is 12.6 Å². The number of aryl methyl sites for hydroxylation is 1. The van der Waals surface area contributed by atoms with Crippen molar-refractivity contribution in [2.75, 3.05) is 0 Å². The Balaban J connectivity index is 2.31. The van der Waals surface area contributed by atoms with E-state index >= 15 is 0 Å². The van der Waals surface area contributed by atoms with E-state index < -0.39 is 0 Å². The van der Waals surface area contributed by atoms with Gasteiger partial charge >= 0.3 is 0 Å². The van der Waals surface area contributed by atoms with E-state index in [2.05, 4.69) is 37.9 Å². The highest BCUT2D eigenvalue weighted by atomic mass is 127. The Bertz CT molecular complexity index is 680. The molecule has 0 unspecified atom stereocenters. The lowest BCUT2D eigenvalue weighted by Crippen LogP contribution is -2.05. The van der Waals surface area contributed by atoms with Crippen molar-refractivity contribution in [1.82, 2.24) is 20.0 Å². The fourth-order valence-electron chi connectivity index (χ4n) is 1.80. The first-order valence-electron chi connectivity index (χ1n) is 5.28. The number of rotatable bonds is 1. The molecule has 0 fully saturated rings. The molecule has 0 aliphatic carbocycles. The van der Waals surface area contributed by atoms with Gasteiger partial charge in [-0.15, -0.1) is 15.3 Å². The number of halogens is 2. The maximum absolute atomic E-state index is 6.38. The van der Waals surface area contributed by atoms with Crippen LogP contribution in [0.3, 0.4) is 0 Å². The minimum Gasteiger partial charge on any atom is -0.259 e. The van der Waals surface area contributed by atoms with Gasteiger partial charge in [-0.05, 0) is 22.6 Å². The molecule has 0 saturated carbocycles. The fraction of sp³-hybridized carbons (Fsp3) is 0.0833. The lowest BCUT2D eigenvalue weighted by atomic mass is 10.1. The van der Waals surface area contributed by atoms with Crippen molar-refractivity contribution in [3.05, 3.63) is 39.1 Å². The first kappa shape index (κ1) is 11.9. The van der Waals surface area contributed by atoms with Crippen LogP contribution in [0.4, 0.5) is 0 Å². The van der Waals surface area contributed by atoms with Gasteiger partial charge in [0.05, 0.1) is 10.6 Å². The molecule has 0 amide bonds. The summed E-state index contributed by atoms with van der Waals surface area (Å²) in [6, 6.07) is 9.86. The first-order chi connectivity index (χ1) is 8.68. The van der Waals surface area contributed by atoms with Crippen LogP contribution in [0.25, 0.3) is 22.6 Å². The Morgan fingerprint density at radius 1 is 1.17 bits per heavy atom. The average Bonchev–Trinajstić information content (AvgIpc) is 2.81. The maximum atomic E-state index is 6.38. The molecule has 0 bridgehead atoms. The highest BCUT2D eigenvalue weighted by molar-refractivity contribution is 14.1. The number of fused-ring (bicyclic) bond motifs is 1. The summed E-state index contributed by atoms with van der Waals surface area (Å²) >= 11 is 8.54. The molecule has 0 radical (unpaired) electrons. The summed E-state index contributed by atoms with van der Waals surface area (Å²) in [5.74, 6) is 0.571. The molecule has 0 atom stereocenters. The third kappa shape index (κ3) is 1.78. The summed E-state index contributed by atoms with van der Waals surface area (Å²) in [6.45, 7) is 0. The van der Waals surface area contributed by atoms with Gasteiger partial charge in [0.1, 0.15) is 9.39 Å². The molecule has 18 heavy (non-hydrogen) atoms. The minimum absolute atomic E-state index is 0.571. The van der Waals surface area contributed by atoms with Crippen LogP contribution in [-0.2, 0) is 7.05 Å². The summed E-state index contributed by atoms with van der Waals surface area (Å²) in [6.07, 6.45) is 0. The van der Waals surface area contributed by atoms with Crippen LogP contribution >= 0.6 is 34.2 Å².